The molecular weight excluding hydrogens is 302 g/mol. The number of hydrogen-bond acceptors (Lipinski definition) is 4. The van der Waals surface area contributed by atoms with E-state index >= 15 is 0 Å². The van der Waals surface area contributed by atoms with E-state index in [2.05, 4.69) is 25.3 Å². The normalized spacial score (nSPS) is 10.7. The average molecular weight is 315 g/mol. The molecule has 0 bridgehead atoms. The number of aromatic amines is 1. The van der Waals surface area contributed by atoms with Gasteiger partial charge in [0.1, 0.15) is 0 Å². The minimum Gasteiger partial charge on any atom is -0.324 e. The van der Waals surface area contributed by atoms with Crippen molar-refractivity contribution in [2.24, 2.45) is 0 Å². The van der Waals surface area contributed by atoms with Crippen molar-refractivity contribution in [3.8, 4) is 11.4 Å². The van der Waals surface area contributed by atoms with Gasteiger partial charge in [0.05, 0.1) is 28.0 Å². The Morgan fingerprint density at radius 1 is 0.917 bits per heavy atom. The minimum absolute atomic E-state index is 0.269. The molecule has 0 radical (unpaired) electrons. The van der Waals surface area contributed by atoms with E-state index in [1.165, 1.54) is 6.20 Å². The van der Waals surface area contributed by atoms with Crippen molar-refractivity contribution in [2.75, 3.05) is 5.32 Å². The molecule has 1 amide bonds. The zero-order chi connectivity index (χ0) is 16.4. The van der Waals surface area contributed by atoms with E-state index < -0.39 is 0 Å². The summed E-state index contributed by atoms with van der Waals surface area (Å²) < 4.78 is 0. The molecule has 0 aliphatic carbocycles. The molecule has 0 aliphatic heterocycles. The number of aromatic nitrogens is 4. The maximum absolute atomic E-state index is 12.3. The fraction of sp³-hybridized carbons (Fsp3) is 0. The molecule has 3 aromatic heterocycles. The largest absolute Gasteiger partial charge is 0.324 e. The van der Waals surface area contributed by atoms with Crippen molar-refractivity contribution in [3.05, 3.63) is 72.6 Å². The molecule has 116 valence electrons. The molecule has 0 fully saturated rings. The Balaban J connectivity index is 1.54. The van der Waals surface area contributed by atoms with Gasteiger partial charge in [-0.2, -0.15) is 0 Å². The molecule has 0 atom stereocenters. The summed E-state index contributed by atoms with van der Waals surface area (Å²) in [6.07, 6.45) is 3.24. The fourth-order valence-corrected chi connectivity index (χ4v) is 2.39. The van der Waals surface area contributed by atoms with E-state index in [1.807, 2.05) is 42.5 Å². The Morgan fingerprint density at radius 3 is 2.50 bits per heavy atom. The number of anilines is 1. The predicted molar refractivity (Wildman–Crippen MR) is 91.5 cm³/mol. The SMILES string of the molecule is O=C(Nc1nc2ccccc2[nH]1)c1ccc(-c2ccccn2)nc1. The Labute approximate surface area is 137 Å². The van der Waals surface area contributed by atoms with Crippen molar-refractivity contribution in [1.82, 2.24) is 19.9 Å². The number of H-pyrrole nitrogens is 1. The molecule has 1 aromatic carbocycles. The highest BCUT2D eigenvalue weighted by Crippen LogP contribution is 2.16. The lowest BCUT2D eigenvalue weighted by Gasteiger charge is -2.03. The highest BCUT2D eigenvalue weighted by atomic mass is 16.1. The zero-order valence-corrected chi connectivity index (χ0v) is 12.6. The second kappa shape index (κ2) is 5.92. The maximum Gasteiger partial charge on any atom is 0.259 e. The molecule has 0 aliphatic rings. The number of carbonyl (C=O) groups excluding carboxylic acids is 1. The van der Waals surface area contributed by atoms with E-state index in [1.54, 1.807) is 18.3 Å². The van der Waals surface area contributed by atoms with Gasteiger partial charge < -0.3 is 4.98 Å². The number of amides is 1. The highest BCUT2D eigenvalue weighted by molar-refractivity contribution is 6.03. The first-order valence-corrected chi connectivity index (χ1v) is 7.43. The number of pyridine rings is 2. The summed E-state index contributed by atoms with van der Waals surface area (Å²) in [4.78, 5) is 28.2. The van der Waals surface area contributed by atoms with Gasteiger partial charge in [-0.05, 0) is 36.4 Å². The molecule has 24 heavy (non-hydrogen) atoms. The topological polar surface area (TPSA) is 83.6 Å². The summed E-state index contributed by atoms with van der Waals surface area (Å²) in [6, 6.07) is 16.7. The predicted octanol–water partition coefficient (Wildman–Crippen LogP) is 3.27. The lowest BCUT2D eigenvalue weighted by atomic mass is 10.2. The lowest BCUT2D eigenvalue weighted by Crippen LogP contribution is -2.13. The van der Waals surface area contributed by atoms with Gasteiger partial charge in [0.25, 0.3) is 5.91 Å². The maximum atomic E-state index is 12.3. The van der Waals surface area contributed by atoms with Crippen LogP contribution in [0, 0.1) is 0 Å². The van der Waals surface area contributed by atoms with Crippen LogP contribution < -0.4 is 5.32 Å². The van der Waals surface area contributed by atoms with E-state index in [0.29, 0.717) is 11.5 Å². The molecule has 0 spiro atoms. The number of para-hydroxylation sites is 2. The summed E-state index contributed by atoms with van der Waals surface area (Å²) in [5, 5.41) is 2.75. The van der Waals surface area contributed by atoms with Gasteiger partial charge >= 0.3 is 0 Å². The van der Waals surface area contributed by atoms with Crippen LogP contribution in [0.15, 0.2) is 67.0 Å². The third kappa shape index (κ3) is 2.72. The van der Waals surface area contributed by atoms with Crippen LogP contribution in [0.5, 0.6) is 0 Å². The van der Waals surface area contributed by atoms with Crippen LogP contribution in [0.2, 0.25) is 0 Å². The summed E-state index contributed by atoms with van der Waals surface area (Å²) >= 11 is 0. The lowest BCUT2D eigenvalue weighted by molar-refractivity contribution is 0.102. The Bertz CT molecular complexity index is 960. The molecule has 3 heterocycles. The number of rotatable bonds is 3. The molecule has 4 aromatic rings. The van der Waals surface area contributed by atoms with E-state index in [9.17, 15) is 4.79 Å². The van der Waals surface area contributed by atoms with E-state index in [-0.39, 0.29) is 5.91 Å². The quantitative estimate of drug-likeness (QED) is 0.608. The Morgan fingerprint density at radius 2 is 1.75 bits per heavy atom. The fourth-order valence-electron chi connectivity index (χ4n) is 2.39. The standard InChI is InChI=1S/C18H13N5O/c24-17(23-18-21-15-6-1-2-7-16(15)22-18)12-8-9-14(20-11-12)13-5-3-4-10-19-13/h1-11H,(H2,21,22,23,24). The van der Waals surface area contributed by atoms with Crippen LogP contribution in [-0.2, 0) is 0 Å². The van der Waals surface area contributed by atoms with Crippen molar-refractivity contribution in [3.63, 3.8) is 0 Å². The summed E-state index contributed by atoms with van der Waals surface area (Å²) in [7, 11) is 0. The molecular formula is C18H13N5O. The van der Waals surface area contributed by atoms with Gasteiger partial charge in [-0.3, -0.25) is 20.1 Å². The number of hydrogen-bond donors (Lipinski definition) is 2. The first-order valence-electron chi connectivity index (χ1n) is 7.43. The third-order valence-corrected chi connectivity index (χ3v) is 3.57. The number of nitrogens with one attached hydrogen (secondary N) is 2. The number of fused-ring (bicyclic) bond motifs is 1. The minimum atomic E-state index is -0.269. The van der Waals surface area contributed by atoms with Gasteiger partial charge in [-0.15, -0.1) is 0 Å². The average Bonchev–Trinajstić information content (AvgIpc) is 3.05. The number of benzene rings is 1. The van der Waals surface area contributed by atoms with Crippen LogP contribution in [0.3, 0.4) is 0 Å². The number of carbonyl (C=O) groups is 1. The third-order valence-electron chi connectivity index (χ3n) is 3.57. The van der Waals surface area contributed by atoms with E-state index in [0.717, 1.165) is 22.4 Å². The van der Waals surface area contributed by atoms with Gasteiger partial charge in [-0.25, -0.2) is 4.98 Å². The van der Waals surface area contributed by atoms with Gasteiger partial charge in [0.15, 0.2) is 0 Å². The smallest absolute Gasteiger partial charge is 0.259 e. The first kappa shape index (κ1) is 14.1. The molecule has 6 nitrogen and oxygen atoms in total. The molecule has 6 heteroatoms. The zero-order valence-electron chi connectivity index (χ0n) is 12.6. The molecule has 4 rings (SSSR count). The molecule has 0 saturated heterocycles. The number of imidazole rings is 1. The second-order valence-corrected chi connectivity index (χ2v) is 5.20. The van der Waals surface area contributed by atoms with Crippen molar-refractivity contribution < 1.29 is 4.79 Å². The summed E-state index contributed by atoms with van der Waals surface area (Å²) in [5.41, 5.74) is 3.61. The van der Waals surface area contributed by atoms with Crippen LogP contribution >= 0.6 is 0 Å². The van der Waals surface area contributed by atoms with Gasteiger partial charge in [0.2, 0.25) is 5.95 Å². The monoisotopic (exact) mass is 315 g/mol. The van der Waals surface area contributed by atoms with Gasteiger partial charge in [0, 0.05) is 12.4 Å². The number of nitrogens with zero attached hydrogens (tertiary/aromatic N) is 3. The first-order chi connectivity index (χ1) is 11.8. The van der Waals surface area contributed by atoms with Crippen LogP contribution in [-0.4, -0.2) is 25.8 Å². The Kier molecular flexibility index (Phi) is 3.47. The van der Waals surface area contributed by atoms with Crippen LogP contribution in [0.25, 0.3) is 22.4 Å². The van der Waals surface area contributed by atoms with Crippen molar-refractivity contribution >= 4 is 22.9 Å². The van der Waals surface area contributed by atoms with Gasteiger partial charge in [-0.1, -0.05) is 18.2 Å². The van der Waals surface area contributed by atoms with Crippen molar-refractivity contribution in [2.45, 2.75) is 0 Å². The molecule has 2 N–H and O–H groups in total. The summed E-state index contributed by atoms with van der Waals surface area (Å²) in [5.74, 6) is 0.143. The molecule has 0 unspecified atom stereocenters. The van der Waals surface area contributed by atoms with Crippen LogP contribution in [0.4, 0.5) is 5.95 Å². The Hall–Kier alpha value is -3.54. The van der Waals surface area contributed by atoms with E-state index in [4.69, 9.17) is 0 Å². The summed E-state index contributed by atoms with van der Waals surface area (Å²) in [6.45, 7) is 0. The van der Waals surface area contributed by atoms with Crippen LogP contribution in [0.1, 0.15) is 10.4 Å². The highest BCUT2D eigenvalue weighted by Gasteiger charge is 2.10. The molecule has 0 saturated carbocycles. The second-order valence-electron chi connectivity index (χ2n) is 5.20. The van der Waals surface area contributed by atoms with Crippen molar-refractivity contribution in [1.29, 1.82) is 0 Å².